The van der Waals surface area contributed by atoms with E-state index in [4.69, 9.17) is 0 Å². The van der Waals surface area contributed by atoms with Gasteiger partial charge in [-0.1, -0.05) is 0 Å². The molecule has 8 nitrogen and oxygen atoms in total. The Bertz CT molecular complexity index is 1540. The van der Waals surface area contributed by atoms with Gasteiger partial charge in [-0.2, -0.15) is 13.2 Å². The summed E-state index contributed by atoms with van der Waals surface area (Å²) in [5, 5.41) is 5.75. The lowest BCUT2D eigenvalue weighted by Crippen LogP contribution is -2.22. The first kappa shape index (κ1) is 25.8. The molecule has 0 bridgehead atoms. The van der Waals surface area contributed by atoms with E-state index in [9.17, 15) is 18.0 Å². The average molecular weight is 532 g/mol. The third-order valence-electron chi connectivity index (χ3n) is 6.10. The number of aromatic nitrogens is 3. The highest BCUT2D eigenvalue weighted by molar-refractivity contribution is 6.05. The van der Waals surface area contributed by atoms with Crippen LogP contribution in [0, 0.1) is 6.92 Å². The number of rotatable bonds is 6. The van der Waals surface area contributed by atoms with Crippen molar-refractivity contribution in [1.82, 2.24) is 15.0 Å². The largest absolute Gasteiger partial charge is 0.416 e. The molecule has 39 heavy (non-hydrogen) atoms. The van der Waals surface area contributed by atoms with E-state index in [1.807, 2.05) is 19.1 Å². The molecule has 1 aliphatic heterocycles. The lowest BCUT2D eigenvalue weighted by atomic mass is 10.1. The highest BCUT2D eigenvalue weighted by Gasteiger charge is 2.32. The molecule has 2 aromatic carbocycles. The number of nitrogens with zero attached hydrogens (tertiary/aromatic N) is 5. The molecule has 4 aromatic rings. The molecular weight excluding hydrogens is 507 g/mol. The van der Waals surface area contributed by atoms with Gasteiger partial charge in [-0.3, -0.25) is 14.8 Å². The van der Waals surface area contributed by atoms with E-state index in [1.165, 1.54) is 12.4 Å². The molecule has 0 radical (unpaired) electrons. The fraction of sp³-hybridized carbons (Fsp3) is 0.179. The van der Waals surface area contributed by atoms with Gasteiger partial charge >= 0.3 is 6.18 Å². The monoisotopic (exact) mass is 531 g/mol. The van der Waals surface area contributed by atoms with E-state index in [2.05, 4.69) is 30.6 Å². The number of aliphatic imine (C=N–C) groups is 1. The Morgan fingerprint density at radius 3 is 2.62 bits per heavy atom. The van der Waals surface area contributed by atoms with E-state index in [-0.39, 0.29) is 11.7 Å². The number of aryl methyl sites for hydroxylation is 1. The van der Waals surface area contributed by atoms with Crippen molar-refractivity contribution in [3.8, 4) is 11.3 Å². The molecule has 0 saturated carbocycles. The van der Waals surface area contributed by atoms with E-state index in [1.54, 1.807) is 54.7 Å². The molecule has 3 heterocycles. The quantitative estimate of drug-likeness (QED) is 0.312. The zero-order chi connectivity index (χ0) is 27.6. The second kappa shape index (κ2) is 10.5. The summed E-state index contributed by atoms with van der Waals surface area (Å²) in [6.07, 6.45) is 1.96. The lowest BCUT2D eigenvalue weighted by Gasteiger charge is -2.19. The summed E-state index contributed by atoms with van der Waals surface area (Å²) in [5.41, 5.74) is 2.73. The molecule has 2 aromatic heterocycles. The van der Waals surface area contributed by atoms with Crippen molar-refractivity contribution in [3.05, 3.63) is 89.9 Å². The van der Waals surface area contributed by atoms with E-state index >= 15 is 0 Å². The van der Waals surface area contributed by atoms with Crippen molar-refractivity contribution < 1.29 is 18.0 Å². The van der Waals surface area contributed by atoms with Crippen LogP contribution in [-0.4, -0.2) is 39.8 Å². The van der Waals surface area contributed by atoms with Crippen LogP contribution in [0.4, 0.5) is 36.2 Å². The van der Waals surface area contributed by atoms with Gasteiger partial charge in [0.1, 0.15) is 0 Å². The van der Waals surface area contributed by atoms with Gasteiger partial charge in [0.25, 0.3) is 5.91 Å². The van der Waals surface area contributed by atoms with Gasteiger partial charge in [-0.25, -0.2) is 9.97 Å². The Morgan fingerprint density at radius 2 is 1.92 bits per heavy atom. The molecule has 0 spiro atoms. The molecule has 198 valence electrons. The average Bonchev–Trinajstić information content (AvgIpc) is 3.36. The number of alkyl halides is 3. The molecule has 1 amide bonds. The Hall–Kier alpha value is -4.80. The fourth-order valence-corrected chi connectivity index (χ4v) is 4.12. The van der Waals surface area contributed by atoms with Gasteiger partial charge in [-0.15, -0.1) is 0 Å². The maximum absolute atomic E-state index is 13.6. The van der Waals surface area contributed by atoms with Crippen molar-refractivity contribution in [2.45, 2.75) is 26.1 Å². The van der Waals surface area contributed by atoms with Crippen LogP contribution < -0.4 is 15.5 Å². The molecule has 0 aliphatic carbocycles. The van der Waals surface area contributed by atoms with Crippen LogP contribution in [0.1, 0.15) is 28.4 Å². The maximum Gasteiger partial charge on any atom is 0.416 e. The number of hydrogen-bond acceptors (Lipinski definition) is 7. The summed E-state index contributed by atoms with van der Waals surface area (Å²) in [7, 11) is 0. The van der Waals surface area contributed by atoms with E-state index in [0.717, 1.165) is 23.3 Å². The Kier molecular flexibility index (Phi) is 6.97. The number of benzene rings is 2. The first-order valence-corrected chi connectivity index (χ1v) is 12.1. The van der Waals surface area contributed by atoms with Crippen LogP contribution in [-0.2, 0) is 6.18 Å². The SMILES string of the molecule is Cc1cc(C(=O)Nc2cc(N3C=NC(C)C3)cc(C(F)(F)F)c2)ccc1Nc1nccc(-c2cccnc2)n1. The number of hydrogen-bond donors (Lipinski definition) is 2. The minimum atomic E-state index is -4.57. The standard InChI is InChI=1S/C28H24F3N7O/c1-17-10-19(5-6-24(17)36-27-33-9-7-25(37-27)20-4-3-8-32-14-20)26(39)35-22-11-21(28(29,30)31)12-23(13-22)38-15-18(2)34-16-38/h3-14,16,18H,15H2,1-2H3,(H,35,39)(H,33,36,37). The Balaban J connectivity index is 1.34. The molecule has 0 saturated heterocycles. The summed E-state index contributed by atoms with van der Waals surface area (Å²) < 4.78 is 40.8. The first-order chi connectivity index (χ1) is 18.7. The van der Waals surface area contributed by atoms with Crippen LogP contribution in [0.3, 0.4) is 0 Å². The number of nitrogens with one attached hydrogen (secondary N) is 2. The summed E-state index contributed by atoms with van der Waals surface area (Å²) in [6.45, 7) is 4.13. The lowest BCUT2D eigenvalue weighted by molar-refractivity contribution is -0.137. The van der Waals surface area contributed by atoms with E-state index < -0.39 is 17.6 Å². The van der Waals surface area contributed by atoms with Crippen LogP contribution in [0.5, 0.6) is 0 Å². The molecule has 1 unspecified atom stereocenters. The molecular formula is C28H24F3N7O. The van der Waals surface area contributed by atoms with Crippen LogP contribution >= 0.6 is 0 Å². The second-order valence-corrected chi connectivity index (χ2v) is 9.15. The number of carbonyl (C=O) groups excluding carboxylic acids is 1. The number of pyridine rings is 1. The third kappa shape index (κ3) is 6.03. The summed E-state index contributed by atoms with van der Waals surface area (Å²) in [5.74, 6) is -0.166. The predicted molar refractivity (Wildman–Crippen MR) is 144 cm³/mol. The van der Waals surface area contributed by atoms with Crippen molar-refractivity contribution >= 4 is 35.3 Å². The molecule has 5 rings (SSSR count). The highest BCUT2D eigenvalue weighted by Crippen LogP contribution is 2.35. The molecule has 1 aliphatic rings. The summed E-state index contributed by atoms with van der Waals surface area (Å²) in [4.78, 5) is 31.7. The van der Waals surface area contributed by atoms with Crippen LogP contribution in [0.2, 0.25) is 0 Å². The smallest absolute Gasteiger partial charge is 0.331 e. The zero-order valence-corrected chi connectivity index (χ0v) is 21.1. The van der Waals surface area contributed by atoms with Gasteiger partial charge in [0.2, 0.25) is 5.95 Å². The Labute approximate surface area is 222 Å². The zero-order valence-electron chi connectivity index (χ0n) is 21.1. The van der Waals surface area contributed by atoms with E-state index in [0.29, 0.717) is 35.1 Å². The number of halogens is 3. The predicted octanol–water partition coefficient (Wildman–Crippen LogP) is 6.10. The maximum atomic E-state index is 13.6. The third-order valence-corrected chi connectivity index (χ3v) is 6.10. The molecule has 11 heteroatoms. The van der Waals surface area contributed by atoms with Gasteiger partial charge in [0, 0.05) is 53.3 Å². The summed E-state index contributed by atoms with van der Waals surface area (Å²) >= 11 is 0. The summed E-state index contributed by atoms with van der Waals surface area (Å²) in [6, 6.07) is 13.9. The fourth-order valence-electron chi connectivity index (χ4n) is 4.12. The highest BCUT2D eigenvalue weighted by atomic mass is 19.4. The molecule has 2 N–H and O–H groups in total. The van der Waals surface area contributed by atoms with Gasteiger partial charge < -0.3 is 15.5 Å². The Morgan fingerprint density at radius 1 is 1.08 bits per heavy atom. The van der Waals surface area contributed by atoms with Gasteiger partial charge in [0.15, 0.2) is 0 Å². The molecule has 1 atom stereocenters. The molecule has 0 fully saturated rings. The normalized spacial score (nSPS) is 14.9. The van der Waals surface area contributed by atoms with Gasteiger partial charge in [0.05, 0.1) is 23.6 Å². The van der Waals surface area contributed by atoms with Crippen molar-refractivity contribution in [1.29, 1.82) is 0 Å². The van der Waals surface area contributed by atoms with Crippen molar-refractivity contribution in [3.63, 3.8) is 0 Å². The minimum absolute atomic E-state index is 0.0316. The number of amides is 1. The van der Waals surface area contributed by atoms with Crippen molar-refractivity contribution in [2.24, 2.45) is 4.99 Å². The minimum Gasteiger partial charge on any atom is -0.331 e. The van der Waals surface area contributed by atoms with Crippen LogP contribution in [0.15, 0.2) is 78.2 Å². The van der Waals surface area contributed by atoms with Crippen LogP contribution in [0.25, 0.3) is 11.3 Å². The number of anilines is 4. The topological polar surface area (TPSA) is 95.4 Å². The second-order valence-electron chi connectivity index (χ2n) is 9.15. The first-order valence-electron chi connectivity index (χ1n) is 12.1. The number of carbonyl (C=O) groups is 1. The van der Waals surface area contributed by atoms with Crippen molar-refractivity contribution in [2.75, 3.05) is 22.1 Å². The van der Waals surface area contributed by atoms with Gasteiger partial charge in [-0.05, 0) is 74.0 Å².